The molecule has 0 spiro atoms. The lowest BCUT2D eigenvalue weighted by Gasteiger charge is -2.34. The van der Waals surface area contributed by atoms with Crippen LogP contribution in [0.3, 0.4) is 0 Å². The van der Waals surface area contributed by atoms with Crippen LogP contribution in [0.4, 0.5) is 11.8 Å². The third-order valence-electron chi connectivity index (χ3n) is 5.28. The highest BCUT2D eigenvalue weighted by Gasteiger charge is 2.29. The molecule has 32 heavy (non-hydrogen) atoms. The molecule has 1 aliphatic heterocycles. The first-order valence-corrected chi connectivity index (χ1v) is 10.8. The molecule has 8 nitrogen and oxygen atoms in total. The third-order valence-corrected chi connectivity index (χ3v) is 5.28. The van der Waals surface area contributed by atoms with E-state index in [2.05, 4.69) is 25.3 Å². The Morgan fingerprint density at radius 3 is 2.59 bits per heavy atom. The molecular weight excluding hydrogens is 402 g/mol. The zero-order chi connectivity index (χ0) is 22.5. The Morgan fingerprint density at radius 2 is 1.84 bits per heavy atom. The number of aryl methyl sites for hydroxylation is 3. The fraction of sp³-hybridized carbons (Fsp3) is 0.333. The van der Waals surface area contributed by atoms with Crippen molar-refractivity contribution in [3.63, 3.8) is 0 Å². The Kier molecular flexibility index (Phi) is 6.49. The number of likely N-dealkylation sites (tertiary alicyclic amines) is 1. The van der Waals surface area contributed by atoms with Crippen LogP contribution in [-0.2, 0) is 4.79 Å². The molecule has 0 aliphatic carbocycles. The van der Waals surface area contributed by atoms with Gasteiger partial charge < -0.3 is 10.2 Å². The van der Waals surface area contributed by atoms with Gasteiger partial charge in [-0.05, 0) is 63.8 Å². The molecule has 0 bridgehead atoms. The van der Waals surface area contributed by atoms with Crippen LogP contribution in [0.5, 0.6) is 0 Å². The van der Waals surface area contributed by atoms with Crippen molar-refractivity contribution in [2.24, 2.45) is 0 Å². The predicted molar refractivity (Wildman–Crippen MR) is 123 cm³/mol. The van der Waals surface area contributed by atoms with Gasteiger partial charge >= 0.3 is 0 Å². The summed E-state index contributed by atoms with van der Waals surface area (Å²) in [6.45, 7) is 6.47. The van der Waals surface area contributed by atoms with Crippen molar-refractivity contribution >= 4 is 23.7 Å². The van der Waals surface area contributed by atoms with Crippen LogP contribution in [0.2, 0.25) is 0 Å². The maximum Gasteiger partial charge on any atom is 0.247 e. The molecule has 0 aromatic carbocycles. The van der Waals surface area contributed by atoms with E-state index in [1.54, 1.807) is 24.5 Å². The van der Waals surface area contributed by atoms with Crippen molar-refractivity contribution in [1.29, 1.82) is 0 Å². The molecule has 0 radical (unpaired) electrons. The summed E-state index contributed by atoms with van der Waals surface area (Å²) in [6, 6.07) is 7.38. The summed E-state index contributed by atoms with van der Waals surface area (Å²) in [5.41, 5.74) is 3.48. The van der Waals surface area contributed by atoms with Crippen LogP contribution in [0.25, 0.3) is 6.08 Å². The number of carbonyl (C=O) groups excluding carboxylic acids is 1. The third kappa shape index (κ3) is 5.32. The number of pyridine rings is 1. The molecular formula is C24H27N7O. The smallest absolute Gasteiger partial charge is 0.247 e. The van der Waals surface area contributed by atoms with E-state index in [0.29, 0.717) is 24.1 Å². The van der Waals surface area contributed by atoms with Gasteiger partial charge in [0.2, 0.25) is 11.9 Å². The van der Waals surface area contributed by atoms with Gasteiger partial charge in [0.25, 0.3) is 0 Å². The minimum atomic E-state index is -0.171. The first-order valence-electron chi connectivity index (χ1n) is 10.8. The van der Waals surface area contributed by atoms with Gasteiger partial charge in [0.15, 0.2) is 5.82 Å². The van der Waals surface area contributed by atoms with Gasteiger partial charge in [-0.1, -0.05) is 6.07 Å². The van der Waals surface area contributed by atoms with Crippen molar-refractivity contribution in [3.05, 3.63) is 71.2 Å². The van der Waals surface area contributed by atoms with Crippen LogP contribution in [-0.4, -0.2) is 42.3 Å². The second kappa shape index (κ2) is 9.64. The average molecular weight is 430 g/mol. The van der Waals surface area contributed by atoms with Gasteiger partial charge in [-0.3, -0.25) is 9.78 Å². The highest BCUT2D eigenvalue weighted by atomic mass is 16.2. The maximum atomic E-state index is 13.0. The largest absolute Gasteiger partial charge is 0.329 e. The molecule has 1 fully saturated rings. The Bertz CT molecular complexity index is 1110. The minimum absolute atomic E-state index is 0.0455. The van der Waals surface area contributed by atoms with Gasteiger partial charge in [0.05, 0.1) is 6.04 Å². The number of piperidine rings is 1. The maximum absolute atomic E-state index is 13.0. The molecule has 8 heteroatoms. The lowest BCUT2D eigenvalue weighted by Crippen LogP contribution is -2.38. The Labute approximate surface area is 187 Å². The highest BCUT2D eigenvalue weighted by molar-refractivity contribution is 5.92. The number of hydrogen-bond donors (Lipinski definition) is 1. The molecule has 4 heterocycles. The number of nitrogens with one attached hydrogen (secondary N) is 1. The van der Waals surface area contributed by atoms with E-state index in [4.69, 9.17) is 4.98 Å². The quantitative estimate of drug-likeness (QED) is 0.610. The molecule has 4 rings (SSSR count). The first kappa shape index (κ1) is 21.5. The predicted octanol–water partition coefficient (Wildman–Crippen LogP) is 4.10. The van der Waals surface area contributed by atoms with Crippen LogP contribution >= 0.6 is 0 Å². The summed E-state index contributed by atoms with van der Waals surface area (Å²) in [5, 5.41) is 3.20. The summed E-state index contributed by atoms with van der Waals surface area (Å²) >= 11 is 0. The van der Waals surface area contributed by atoms with Crippen molar-refractivity contribution in [2.75, 3.05) is 11.9 Å². The Morgan fingerprint density at radius 1 is 1.06 bits per heavy atom. The molecule has 1 aliphatic rings. The Hall–Kier alpha value is -3.68. The fourth-order valence-corrected chi connectivity index (χ4v) is 3.90. The first-order chi connectivity index (χ1) is 15.5. The highest BCUT2D eigenvalue weighted by Crippen LogP contribution is 2.30. The number of carbonyl (C=O) groups is 1. The number of hydrogen-bond acceptors (Lipinski definition) is 7. The SMILES string of the molecule is Cc1cc(C)nc(Nc2cc(C)nc(C3CCCCN3C(=O)/C=C/c3cccnc3)n2)n1. The Balaban J connectivity index is 1.57. The van der Waals surface area contributed by atoms with E-state index in [1.807, 2.05) is 49.9 Å². The van der Waals surface area contributed by atoms with Crippen LogP contribution in [0.15, 0.2) is 42.7 Å². The van der Waals surface area contributed by atoms with Crippen molar-refractivity contribution in [3.8, 4) is 0 Å². The van der Waals surface area contributed by atoms with Gasteiger partial charge in [-0.2, -0.15) is 0 Å². The van der Waals surface area contributed by atoms with Gasteiger partial charge in [0.1, 0.15) is 5.82 Å². The monoisotopic (exact) mass is 429 g/mol. The minimum Gasteiger partial charge on any atom is -0.329 e. The molecule has 164 valence electrons. The molecule has 1 unspecified atom stereocenters. The van der Waals surface area contributed by atoms with Crippen LogP contribution < -0.4 is 5.32 Å². The topological polar surface area (TPSA) is 96.8 Å². The summed E-state index contributed by atoms with van der Waals surface area (Å²) in [4.78, 5) is 37.2. The summed E-state index contributed by atoms with van der Waals surface area (Å²) < 4.78 is 0. The molecule has 3 aromatic rings. The van der Waals surface area contributed by atoms with E-state index in [-0.39, 0.29) is 11.9 Å². The van der Waals surface area contributed by atoms with E-state index in [9.17, 15) is 4.79 Å². The number of amides is 1. The van der Waals surface area contributed by atoms with Gasteiger partial charge in [-0.15, -0.1) is 0 Å². The summed E-state index contributed by atoms with van der Waals surface area (Å²) in [6.07, 6.45) is 9.67. The zero-order valence-electron chi connectivity index (χ0n) is 18.6. The van der Waals surface area contributed by atoms with Gasteiger partial charge in [-0.25, -0.2) is 19.9 Å². The van der Waals surface area contributed by atoms with Crippen molar-refractivity contribution in [1.82, 2.24) is 29.8 Å². The number of aromatic nitrogens is 5. The second-order valence-corrected chi connectivity index (χ2v) is 8.01. The molecule has 0 saturated carbocycles. The average Bonchev–Trinajstić information content (AvgIpc) is 2.77. The van der Waals surface area contributed by atoms with Crippen LogP contribution in [0, 0.1) is 20.8 Å². The van der Waals surface area contributed by atoms with E-state index >= 15 is 0 Å². The van der Waals surface area contributed by atoms with E-state index in [0.717, 1.165) is 41.9 Å². The lowest BCUT2D eigenvalue weighted by molar-refractivity contribution is -0.129. The van der Waals surface area contributed by atoms with Crippen LogP contribution in [0.1, 0.15) is 53.8 Å². The number of rotatable bonds is 5. The second-order valence-electron chi connectivity index (χ2n) is 8.01. The van der Waals surface area contributed by atoms with E-state index in [1.165, 1.54) is 0 Å². The van der Waals surface area contributed by atoms with Crippen molar-refractivity contribution < 1.29 is 4.79 Å². The fourth-order valence-electron chi connectivity index (χ4n) is 3.90. The molecule has 1 N–H and O–H groups in total. The van der Waals surface area contributed by atoms with Crippen molar-refractivity contribution in [2.45, 2.75) is 46.1 Å². The molecule has 3 aromatic heterocycles. The number of nitrogens with zero attached hydrogens (tertiary/aromatic N) is 6. The standard InChI is InChI=1S/C24H27N7O/c1-16-13-17(2)28-24(27-16)30-21-14-18(3)26-23(29-21)20-8-4-5-12-31(20)22(32)10-9-19-7-6-11-25-15-19/h6-7,9-11,13-15,20H,4-5,8,12H2,1-3H3,(H,26,27,28,29,30)/b10-9+. The van der Waals surface area contributed by atoms with E-state index < -0.39 is 0 Å². The zero-order valence-corrected chi connectivity index (χ0v) is 18.6. The normalized spacial score (nSPS) is 16.3. The summed E-state index contributed by atoms with van der Waals surface area (Å²) in [5.74, 6) is 1.72. The molecule has 1 saturated heterocycles. The lowest BCUT2D eigenvalue weighted by atomic mass is 10.0. The summed E-state index contributed by atoms with van der Waals surface area (Å²) in [7, 11) is 0. The molecule has 1 amide bonds. The number of anilines is 2. The van der Waals surface area contributed by atoms with Gasteiger partial charge in [0, 0.05) is 48.2 Å². The molecule has 1 atom stereocenters.